The summed E-state index contributed by atoms with van der Waals surface area (Å²) in [6.45, 7) is 4.85. The number of primary amides is 1. The van der Waals surface area contributed by atoms with Crippen LogP contribution in [0.4, 0.5) is 0 Å². The topological polar surface area (TPSA) is 81.1 Å². The van der Waals surface area contributed by atoms with E-state index in [2.05, 4.69) is 10.3 Å². The van der Waals surface area contributed by atoms with E-state index in [1.54, 1.807) is 0 Å². The number of hydrogen-bond acceptors (Lipinski definition) is 4. The molecule has 0 atom stereocenters. The number of amides is 1. The Morgan fingerprint density at radius 3 is 2.79 bits per heavy atom. The van der Waals surface area contributed by atoms with Crippen molar-refractivity contribution >= 4 is 5.91 Å². The Morgan fingerprint density at radius 2 is 2.29 bits per heavy atom. The zero-order chi connectivity index (χ0) is 10.6. The highest BCUT2D eigenvalue weighted by atomic mass is 16.4. The molecule has 14 heavy (non-hydrogen) atoms. The monoisotopic (exact) mass is 197 g/mol. The van der Waals surface area contributed by atoms with Gasteiger partial charge in [-0.25, -0.2) is 4.98 Å². The van der Waals surface area contributed by atoms with Gasteiger partial charge in [0.05, 0.1) is 12.2 Å². The lowest BCUT2D eigenvalue weighted by molar-refractivity contribution is -0.117. The van der Waals surface area contributed by atoms with Crippen LogP contribution in [0.15, 0.2) is 4.42 Å². The number of carbonyl (C=O) groups is 1. The second-order valence-electron chi connectivity index (χ2n) is 3.14. The number of nitrogens with two attached hydrogens (primary N) is 1. The second-order valence-corrected chi connectivity index (χ2v) is 3.14. The van der Waals surface area contributed by atoms with Crippen LogP contribution in [0, 0.1) is 13.8 Å². The van der Waals surface area contributed by atoms with E-state index in [1.165, 1.54) is 0 Å². The van der Waals surface area contributed by atoms with Crippen LogP contribution in [0.1, 0.15) is 23.8 Å². The molecule has 0 spiro atoms. The Hall–Kier alpha value is -1.36. The van der Waals surface area contributed by atoms with Crippen molar-refractivity contribution in [3.05, 3.63) is 17.3 Å². The van der Waals surface area contributed by atoms with E-state index < -0.39 is 0 Å². The lowest BCUT2D eigenvalue weighted by Gasteiger charge is -1.98. The molecule has 0 bridgehead atoms. The van der Waals surface area contributed by atoms with Gasteiger partial charge >= 0.3 is 0 Å². The van der Waals surface area contributed by atoms with Gasteiger partial charge in [-0.15, -0.1) is 0 Å². The zero-order valence-corrected chi connectivity index (χ0v) is 8.46. The van der Waals surface area contributed by atoms with Crippen molar-refractivity contribution in [1.29, 1.82) is 0 Å². The average molecular weight is 197 g/mol. The minimum atomic E-state index is -0.308. The summed E-state index contributed by atoms with van der Waals surface area (Å²) in [7, 11) is 0. The minimum absolute atomic E-state index is 0.308. The number of hydrogen-bond donors (Lipinski definition) is 2. The third-order valence-corrected chi connectivity index (χ3v) is 1.90. The van der Waals surface area contributed by atoms with Crippen LogP contribution in [-0.4, -0.2) is 17.4 Å². The summed E-state index contributed by atoms with van der Waals surface area (Å²) in [5.74, 6) is 1.17. The van der Waals surface area contributed by atoms with Crippen molar-refractivity contribution in [3.8, 4) is 0 Å². The molecule has 1 rings (SSSR count). The first-order valence-corrected chi connectivity index (χ1v) is 4.51. The van der Waals surface area contributed by atoms with Crippen LogP contribution in [0.3, 0.4) is 0 Å². The van der Waals surface area contributed by atoms with Crippen LogP contribution in [0.5, 0.6) is 0 Å². The number of nitrogens with one attached hydrogen (secondary N) is 1. The molecule has 0 aromatic carbocycles. The smallest absolute Gasteiger partial charge is 0.218 e. The summed E-state index contributed by atoms with van der Waals surface area (Å²) in [6.07, 6.45) is 0.332. The van der Waals surface area contributed by atoms with E-state index in [1.807, 2.05) is 13.8 Å². The third kappa shape index (κ3) is 3.18. The molecule has 1 heterocycles. The van der Waals surface area contributed by atoms with Gasteiger partial charge in [-0.3, -0.25) is 4.79 Å². The quantitative estimate of drug-likeness (QED) is 0.663. The van der Waals surface area contributed by atoms with Gasteiger partial charge in [0.2, 0.25) is 11.8 Å². The summed E-state index contributed by atoms with van der Waals surface area (Å²) >= 11 is 0. The third-order valence-electron chi connectivity index (χ3n) is 1.90. The Morgan fingerprint density at radius 1 is 1.57 bits per heavy atom. The number of rotatable bonds is 5. The Kier molecular flexibility index (Phi) is 3.64. The molecule has 0 aliphatic heterocycles. The fourth-order valence-corrected chi connectivity index (χ4v) is 1.02. The van der Waals surface area contributed by atoms with Gasteiger partial charge < -0.3 is 15.5 Å². The van der Waals surface area contributed by atoms with Gasteiger partial charge in [-0.1, -0.05) is 0 Å². The normalized spacial score (nSPS) is 10.4. The lowest BCUT2D eigenvalue weighted by atomic mass is 10.4. The van der Waals surface area contributed by atoms with Crippen LogP contribution in [-0.2, 0) is 11.3 Å². The summed E-state index contributed by atoms with van der Waals surface area (Å²) in [5, 5.41) is 3.02. The predicted octanol–water partition coefficient (Wildman–Crippen LogP) is 0.256. The molecule has 0 aliphatic carbocycles. The highest BCUT2D eigenvalue weighted by molar-refractivity contribution is 5.73. The van der Waals surface area contributed by atoms with Crippen molar-refractivity contribution in [2.24, 2.45) is 5.73 Å². The van der Waals surface area contributed by atoms with Gasteiger partial charge in [-0.2, -0.15) is 0 Å². The number of oxazole rings is 1. The summed E-state index contributed by atoms with van der Waals surface area (Å²) in [6, 6.07) is 0. The van der Waals surface area contributed by atoms with E-state index >= 15 is 0 Å². The van der Waals surface area contributed by atoms with E-state index in [-0.39, 0.29) is 5.91 Å². The van der Waals surface area contributed by atoms with E-state index in [0.717, 1.165) is 11.5 Å². The van der Waals surface area contributed by atoms with Gasteiger partial charge in [0, 0.05) is 13.0 Å². The molecule has 0 fully saturated rings. The maximum atomic E-state index is 10.4. The van der Waals surface area contributed by atoms with Gasteiger partial charge in [0.1, 0.15) is 5.76 Å². The summed E-state index contributed by atoms with van der Waals surface area (Å²) in [4.78, 5) is 14.6. The first-order valence-electron chi connectivity index (χ1n) is 4.51. The fourth-order valence-electron chi connectivity index (χ4n) is 1.02. The number of aromatic nitrogens is 1. The van der Waals surface area contributed by atoms with Gasteiger partial charge in [0.15, 0.2) is 0 Å². The molecule has 3 N–H and O–H groups in total. The molecule has 0 radical (unpaired) electrons. The largest absolute Gasteiger partial charge is 0.444 e. The van der Waals surface area contributed by atoms with Crippen molar-refractivity contribution in [2.45, 2.75) is 26.8 Å². The van der Waals surface area contributed by atoms with Crippen molar-refractivity contribution < 1.29 is 9.21 Å². The van der Waals surface area contributed by atoms with Crippen LogP contribution in [0.25, 0.3) is 0 Å². The zero-order valence-electron chi connectivity index (χ0n) is 8.46. The average Bonchev–Trinajstić information content (AvgIpc) is 2.40. The first kappa shape index (κ1) is 10.7. The number of carbonyl (C=O) groups excluding carboxylic acids is 1. The molecule has 78 valence electrons. The van der Waals surface area contributed by atoms with E-state index in [9.17, 15) is 4.79 Å². The number of nitrogens with zero attached hydrogens (tertiary/aromatic N) is 1. The van der Waals surface area contributed by atoms with Crippen molar-refractivity contribution in [1.82, 2.24) is 10.3 Å². The molecule has 1 amide bonds. The van der Waals surface area contributed by atoms with Crippen molar-refractivity contribution in [2.75, 3.05) is 6.54 Å². The van der Waals surface area contributed by atoms with Gasteiger partial charge in [0.25, 0.3) is 0 Å². The highest BCUT2D eigenvalue weighted by Gasteiger charge is 2.04. The van der Waals surface area contributed by atoms with E-state index in [4.69, 9.17) is 10.2 Å². The molecule has 1 aromatic heterocycles. The SMILES string of the molecule is Cc1nc(CNCCC(N)=O)oc1C. The molecule has 0 saturated heterocycles. The Bertz CT molecular complexity index is 300. The summed E-state index contributed by atoms with van der Waals surface area (Å²) < 4.78 is 5.33. The standard InChI is InChI=1S/C9H15N3O2/c1-6-7(2)14-9(12-6)5-11-4-3-8(10)13/h11H,3-5H2,1-2H3,(H2,10,13). The minimum Gasteiger partial charge on any atom is -0.444 e. The summed E-state index contributed by atoms with van der Waals surface area (Å²) in [5.41, 5.74) is 5.88. The molecule has 1 aromatic rings. The molecule has 5 heteroatoms. The van der Waals surface area contributed by atoms with Crippen LogP contribution >= 0.6 is 0 Å². The van der Waals surface area contributed by atoms with Crippen molar-refractivity contribution in [3.63, 3.8) is 0 Å². The predicted molar refractivity (Wildman–Crippen MR) is 51.5 cm³/mol. The molecule has 0 unspecified atom stereocenters. The van der Waals surface area contributed by atoms with Crippen LogP contribution < -0.4 is 11.1 Å². The molecular weight excluding hydrogens is 182 g/mol. The highest BCUT2D eigenvalue weighted by Crippen LogP contribution is 2.07. The van der Waals surface area contributed by atoms with Crippen LogP contribution in [0.2, 0.25) is 0 Å². The Labute approximate surface area is 82.7 Å². The lowest BCUT2D eigenvalue weighted by Crippen LogP contribution is -2.21. The second kappa shape index (κ2) is 4.76. The molecule has 5 nitrogen and oxygen atoms in total. The first-order chi connectivity index (χ1) is 6.59. The molecular formula is C9H15N3O2. The van der Waals surface area contributed by atoms with Gasteiger partial charge in [-0.05, 0) is 13.8 Å². The Balaban J connectivity index is 2.28. The maximum Gasteiger partial charge on any atom is 0.218 e. The fraction of sp³-hybridized carbons (Fsp3) is 0.556. The maximum absolute atomic E-state index is 10.4. The van der Waals surface area contributed by atoms with E-state index in [0.29, 0.717) is 25.4 Å². The molecule has 0 aliphatic rings. The number of aryl methyl sites for hydroxylation is 2. The molecule has 0 saturated carbocycles.